The molecule has 0 aromatic heterocycles. The van der Waals surface area contributed by atoms with Crippen LogP contribution in [0.15, 0.2) is 53.7 Å². The molecule has 1 aliphatic heterocycles. The van der Waals surface area contributed by atoms with E-state index < -0.39 is 4.92 Å². The number of non-ortho nitro benzene ring substituents is 1. The second kappa shape index (κ2) is 8.57. The second-order valence-corrected chi connectivity index (χ2v) is 8.91. The molecule has 5 rings (SSSR count). The van der Waals surface area contributed by atoms with Crippen LogP contribution < -0.4 is 9.47 Å². The number of ether oxygens (including phenoxy) is 2. The molecular weight excluding hydrogens is 462 g/mol. The van der Waals surface area contributed by atoms with Crippen molar-refractivity contribution in [3.8, 4) is 11.5 Å². The zero-order valence-corrected chi connectivity index (χ0v) is 18.8. The number of fused-ring (bicyclic) bond motifs is 5. The maximum atomic E-state index is 12.9. The molecule has 0 N–H and O–H groups in total. The normalized spacial score (nSPS) is 24.8. The average molecular weight is 482 g/mol. The lowest BCUT2D eigenvalue weighted by Gasteiger charge is -2.15. The molecule has 0 spiro atoms. The summed E-state index contributed by atoms with van der Waals surface area (Å²) >= 11 is 6.22. The number of methoxy groups -OCH3 is 1. The Morgan fingerprint density at radius 3 is 2.53 bits per heavy atom. The predicted molar refractivity (Wildman–Crippen MR) is 123 cm³/mol. The molecule has 0 radical (unpaired) electrons. The zero-order valence-electron chi connectivity index (χ0n) is 18.1. The Morgan fingerprint density at radius 1 is 1.18 bits per heavy atom. The number of nitrogens with zero attached hydrogens (tertiary/aromatic N) is 3. The number of benzene rings is 2. The number of nitro benzene ring substituents is 1. The highest BCUT2D eigenvalue weighted by atomic mass is 35.5. The van der Waals surface area contributed by atoms with E-state index in [-0.39, 0.29) is 53.5 Å². The number of carbonyl (C=O) groups excluding carboxylic acids is 2. The molecule has 2 bridgehead atoms. The first-order chi connectivity index (χ1) is 16.4. The van der Waals surface area contributed by atoms with Gasteiger partial charge in [0.15, 0.2) is 11.5 Å². The van der Waals surface area contributed by atoms with E-state index in [1.54, 1.807) is 24.3 Å². The van der Waals surface area contributed by atoms with Crippen molar-refractivity contribution in [3.63, 3.8) is 0 Å². The number of nitro groups is 1. The topological polar surface area (TPSA) is 111 Å². The number of hydrazone groups is 1. The monoisotopic (exact) mass is 481 g/mol. The van der Waals surface area contributed by atoms with Crippen molar-refractivity contribution in [2.75, 3.05) is 7.11 Å². The minimum atomic E-state index is -0.481. The lowest BCUT2D eigenvalue weighted by molar-refractivity contribution is -0.384. The van der Waals surface area contributed by atoms with Gasteiger partial charge in [0.05, 0.1) is 30.1 Å². The molecule has 2 aromatic rings. The van der Waals surface area contributed by atoms with Gasteiger partial charge in [-0.3, -0.25) is 19.7 Å². The number of hydrogen-bond acceptors (Lipinski definition) is 7. The summed E-state index contributed by atoms with van der Waals surface area (Å²) < 4.78 is 11.3. The van der Waals surface area contributed by atoms with E-state index >= 15 is 0 Å². The molecule has 1 saturated carbocycles. The van der Waals surface area contributed by atoms with E-state index in [2.05, 4.69) is 5.10 Å². The average Bonchev–Trinajstić information content (AvgIpc) is 3.51. The van der Waals surface area contributed by atoms with Gasteiger partial charge in [-0.2, -0.15) is 10.1 Å². The van der Waals surface area contributed by atoms with Crippen LogP contribution in [0.2, 0.25) is 5.02 Å². The van der Waals surface area contributed by atoms with Crippen molar-refractivity contribution in [2.45, 2.75) is 13.0 Å². The standard InChI is InChI=1S/C24H20ClN3O6/c1-33-19-10-17(25)9-16(22(19)34-12-13-3-2-4-18(7-13)28(31)32)11-26-27-23(29)20-14-5-6-15(8-14)21(20)24(27)30/h2-7,9-11,14-15,20-21H,8,12H2,1H3/t14-,15-,20-,21+/m0/s1. The molecule has 0 unspecified atom stereocenters. The number of amides is 2. The SMILES string of the molecule is COc1cc(Cl)cc(C=NN2C(=O)[C@@H]3[C@H](C2=O)[C@H]2C=C[C@H]3C2)c1OCc1cccc([N+](=O)[O-])c1. The van der Waals surface area contributed by atoms with Gasteiger partial charge in [0.2, 0.25) is 0 Å². The molecule has 10 heteroatoms. The number of halogens is 1. The van der Waals surface area contributed by atoms with Gasteiger partial charge in [0.1, 0.15) is 6.61 Å². The smallest absolute Gasteiger partial charge is 0.269 e. The van der Waals surface area contributed by atoms with Crippen molar-refractivity contribution in [1.82, 2.24) is 5.01 Å². The van der Waals surface area contributed by atoms with Crippen molar-refractivity contribution in [1.29, 1.82) is 0 Å². The maximum Gasteiger partial charge on any atom is 0.269 e. The Hall–Kier alpha value is -3.72. The van der Waals surface area contributed by atoms with Gasteiger partial charge < -0.3 is 9.47 Å². The minimum absolute atomic E-state index is 0.0151. The number of carbonyl (C=O) groups is 2. The van der Waals surface area contributed by atoms with E-state index in [9.17, 15) is 19.7 Å². The summed E-state index contributed by atoms with van der Waals surface area (Å²) in [7, 11) is 1.45. The van der Waals surface area contributed by atoms with Gasteiger partial charge in [-0.15, -0.1) is 0 Å². The quantitative estimate of drug-likeness (QED) is 0.194. The molecule has 174 valence electrons. The first kappa shape index (κ1) is 22.1. The van der Waals surface area contributed by atoms with Crippen molar-refractivity contribution in [2.24, 2.45) is 28.8 Å². The summed E-state index contributed by atoms with van der Waals surface area (Å²) in [6.45, 7) is 0.0151. The first-order valence-electron chi connectivity index (χ1n) is 10.7. The van der Waals surface area contributed by atoms with Gasteiger partial charge in [-0.1, -0.05) is 35.9 Å². The highest BCUT2D eigenvalue weighted by molar-refractivity contribution is 6.31. The van der Waals surface area contributed by atoms with E-state index in [0.29, 0.717) is 21.9 Å². The van der Waals surface area contributed by atoms with Crippen LogP contribution in [0.1, 0.15) is 17.5 Å². The fraction of sp³-hybridized carbons (Fsp3) is 0.292. The summed E-state index contributed by atoms with van der Waals surface area (Å²) in [5, 5.41) is 16.5. The van der Waals surface area contributed by atoms with E-state index in [4.69, 9.17) is 21.1 Å². The van der Waals surface area contributed by atoms with E-state index in [1.165, 1.54) is 25.5 Å². The van der Waals surface area contributed by atoms with Crippen molar-refractivity contribution >= 4 is 35.3 Å². The highest BCUT2D eigenvalue weighted by Crippen LogP contribution is 2.52. The molecule has 1 heterocycles. The molecule has 9 nitrogen and oxygen atoms in total. The van der Waals surface area contributed by atoms with Crippen molar-refractivity contribution in [3.05, 3.63) is 74.8 Å². The molecule has 1 saturated heterocycles. The molecule has 3 aliphatic rings. The summed E-state index contributed by atoms with van der Waals surface area (Å²) in [5.74, 6) is -0.511. The Morgan fingerprint density at radius 2 is 1.88 bits per heavy atom. The van der Waals surface area contributed by atoms with Gasteiger partial charge in [0.25, 0.3) is 17.5 Å². The summed E-state index contributed by atoms with van der Waals surface area (Å²) in [6.07, 6.45) is 6.23. The van der Waals surface area contributed by atoms with Crippen LogP contribution in [0.25, 0.3) is 0 Å². The third-order valence-corrected chi connectivity index (χ3v) is 6.75. The highest BCUT2D eigenvalue weighted by Gasteiger charge is 2.59. The lowest BCUT2D eigenvalue weighted by atomic mass is 9.85. The fourth-order valence-electron chi connectivity index (χ4n) is 5.03. The molecule has 34 heavy (non-hydrogen) atoms. The van der Waals surface area contributed by atoms with E-state index in [1.807, 2.05) is 12.2 Å². The van der Waals surface area contributed by atoms with Gasteiger partial charge >= 0.3 is 0 Å². The molecule has 4 atom stereocenters. The number of hydrogen-bond donors (Lipinski definition) is 0. The van der Waals surface area contributed by atoms with Gasteiger partial charge in [0, 0.05) is 28.8 Å². The Balaban J connectivity index is 1.41. The molecular formula is C24H20ClN3O6. The second-order valence-electron chi connectivity index (χ2n) is 8.47. The third-order valence-electron chi connectivity index (χ3n) is 6.53. The zero-order chi connectivity index (χ0) is 24.0. The Bertz CT molecular complexity index is 1230. The third kappa shape index (κ3) is 3.71. The minimum Gasteiger partial charge on any atom is -0.493 e. The van der Waals surface area contributed by atoms with Gasteiger partial charge in [-0.05, 0) is 29.9 Å². The summed E-state index contributed by atoms with van der Waals surface area (Å²) in [4.78, 5) is 36.4. The predicted octanol–water partition coefficient (Wildman–Crippen LogP) is 3.98. The van der Waals surface area contributed by atoms with E-state index in [0.717, 1.165) is 11.4 Å². The van der Waals surface area contributed by atoms with Gasteiger partial charge in [-0.25, -0.2) is 0 Å². The largest absolute Gasteiger partial charge is 0.493 e. The Kier molecular flexibility index (Phi) is 5.57. The fourth-order valence-corrected chi connectivity index (χ4v) is 5.24. The molecule has 2 amide bonds. The Labute approximate surface area is 199 Å². The molecule has 2 aliphatic carbocycles. The van der Waals surface area contributed by atoms with Crippen LogP contribution in [-0.2, 0) is 16.2 Å². The number of allylic oxidation sites excluding steroid dienone is 2. The molecule has 2 aromatic carbocycles. The van der Waals surface area contributed by atoms with Crippen LogP contribution in [0, 0.1) is 33.8 Å². The van der Waals surface area contributed by atoms with Crippen LogP contribution in [-0.4, -0.2) is 35.1 Å². The lowest BCUT2D eigenvalue weighted by Crippen LogP contribution is -2.28. The first-order valence-corrected chi connectivity index (χ1v) is 11.1. The number of imide groups is 1. The molecule has 2 fully saturated rings. The number of rotatable bonds is 7. The maximum absolute atomic E-state index is 12.9. The van der Waals surface area contributed by atoms with Crippen molar-refractivity contribution < 1.29 is 24.0 Å². The van der Waals surface area contributed by atoms with Crippen LogP contribution in [0.3, 0.4) is 0 Å². The van der Waals surface area contributed by atoms with Crippen LogP contribution in [0.4, 0.5) is 5.69 Å². The summed E-state index contributed by atoms with van der Waals surface area (Å²) in [5.41, 5.74) is 0.925. The summed E-state index contributed by atoms with van der Waals surface area (Å²) in [6, 6.07) is 9.22. The van der Waals surface area contributed by atoms with Crippen LogP contribution >= 0.6 is 11.6 Å². The van der Waals surface area contributed by atoms with Crippen LogP contribution in [0.5, 0.6) is 11.5 Å².